The zero-order valence-electron chi connectivity index (χ0n) is 11.9. The molecule has 0 unspecified atom stereocenters. The van der Waals surface area contributed by atoms with Gasteiger partial charge in [-0.2, -0.15) is 0 Å². The number of hydrogen-bond donors (Lipinski definition) is 3. The topological polar surface area (TPSA) is 73.9 Å². The molecule has 0 amide bonds. The van der Waals surface area contributed by atoms with E-state index in [0.717, 1.165) is 30.8 Å². The second kappa shape index (κ2) is 7.76. The first-order valence-electron chi connectivity index (χ1n) is 6.52. The van der Waals surface area contributed by atoms with E-state index in [-0.39, 0.29) is 5.84 Å². The van der Waals surface area contributed by atoms with Gasteiger partial charge in [0, 0.05) is 31.2 Å². The first-order valence-corrected chi connectivity index (χ1v) is 6.52. The molecule has 0 aliphatic carbocycles. The Morgan fingerprint density at radius 2 is 2.21 bits per heavy atom. The number of likely N-dealkylation sites (N-methyl/N-ethyl adjacent to an activating group) is 1. The predicted molar refractivity (Wildman–Crippen MR) is 78.4 cm³/mol. The number of nitrogens with two attached hydrogens (primary N) is 1. The van der Waals surface area contributed by atoms with Crippen molar-refractivity contribution in [2.45, 2.75) is 26.4 Å². The summed E-state index contributed by atoms with van der Waals surface area (Å²) in [6.45, 7) is 7.08. The van der Waals surface area contributed by atoms with Gasteiger partial charge in [0.25, 0.3) is 0 Å². The minimum absolute atomic E-state index is 0.140. The molecule has 19 heavy (non-hydrogen) atoms. The number of benzene rings is 1. The lowest BCUT2D eigenvalue weighted by Crippen LogP contribution is -2.33. The molecule has 0 saturated carbocycles. The first kappa shape index (κ1) is 15.5. The fourth-order valence-corrected chi connectivity index (χ4v) is 1.64. The second-order valence-electron chi connectivity index (χ2n) is 4.94. The normalized spacial score (nSPS) is 12.4. The zero-order chi connectivity index (χ0) is 14.3. The standard InChI is InChI=1S/C14H24N4O/c1-11(2)18(3)8-7-16-10-12-5-4-6-13(9-12)14(15)17-19/h4-6,9,11,16,19H,7-8,10H2,1-3H3,(H2,15,17). The maximum atomic E-state index is 8.65. The maximum absolute atomic E-state index is 8.65. The Morgan fingerprint density at radius 1 is 1.47 bits per heavy atom. The van der Waals surface area contributed by atoms with Crippen LogP contribution in [0.2, 0.25) is 0 Å². The van der Waals surface area contributed by atoms with Crippen molar-refractivity contribution in [3.8, 4) is 0 Å². The lowest BCUT2D eigenvalue weighted by Gasteiger charge is -2.20. The van der Waals surface area contributed by atoms with E-state index < -0.39 is 0 Å². The van der Waals surface area contributed by atoms with Crippen molar-refractivity contribution in [2.24, 2.45) is 10.9 Å². The van der Waals surface area contributed by atoms with Crippen molar-refractivity contribution < 1.29 is 5.21 Å². The molecule has 1 aromatic rings. The fourth-order valence-electron chi connectivity index (χ4n) is 1.64. The number of nitrogens with zero attached hydrogens (tertiary/aromatic N) is 2. The summed E-state index contributed by atoms with van der Waals surface area (Å²) in [5, 5.41) is 15.0. The molecule has 1 aromatic carbocycles. The van der Waals surface area contributed by atoms with Crippen molar-refractivity contribution in [1.82, 2.24) is 10.2 Å². The van der Waals surface area contributed by atoms with Gasteiger partial charge in [-0.25, -0.2) is 0 Å². The molecule has 4 N–H and O–H groups in total. The number of nitrogens with one attached hydrogen (secondary N) is 1. The van der Waals surface area contributed by atoms with Crippen molar-refractivity contribution in [2.75, 3.05) is 20.1 Å². The van der Waals surface area contributed by atoms with Crippen LogP contribution in [-0.2, 0) is 6.54 Å². The number of oxime groups is 1. The van der Waals surface area contributed by atoms with Crippen LogP contribution in [0.4, 0.5) is 0 Å². The molecule has 0 aliphatic heterocycles. The maximum Gasteiger partial charge on any atom is 0.170 e. The molecule has 0 aromatic heterocycles. The number of amidine groups is 1. The zero-order valence-corrected chi connectivity index (χ0v) is 11.9. The van der Waals surface area contributed by atoms with Crippen LogP contribution in [0.1, 0.15) is 25.0 Å². The van der Waals surface area contributed by atoms with Crippen molar-refractivity contribution >= 4 is 5.84 Å². The smallest absolute Gasteiger partial charge is 0.170 e. The van der Waals surface area contributed by atoms with Crippen molar-refractivity contribution in [3.63, 3.8) is 0 Å². The van der Waals surface area contributed by atoms with E-state index in [1.54, 1.807) is 0 Å². The summed E-state index contributed by atoms with van der Waals surface area (Å²) in [6, 6.07) is 8.24. The van der Waals surface area contributed by atoms with E-state index in [4.69, 9.17) is 10.9 Å². The van der Waals surface area contributed by atoms with E-state index in [1.165, 1.54) is 0 Å². The molecule has 0 radical (unpaired) electrons. The van der Waals surface area contributed by atoms with Gasteiger partial charge >= 0.3 is 0 Å². The average molecular weight is 264 g/mol. The van der Waals surface area contributed by atoms with Crippen LogP contribution in [0.15, 0.2) is 29.4 Å². The third-order valence-corrected chi connectivity index (χ3v) is 3.18. The van der Waals surface area contributed by atoms with E-state index >= 15 is 0 Å². The lowest BCUT2D eigenvalue weighted by molar-refractivity contribution is 0.273. The second-order valence-corrected chi connectivity index (χ2v) is 4.94. The summed E-state index contributed by atoms with van der Waals surface area (Å²) in [4.78, 5) is 2.29. The molecule has 5 nitrogen and oxygen atoms in total. The van der Waals surface area contributed by atoms with Crippen LogP contribution in [0, 0.1) is 0 Å². The molecule has 5 heteroatoms. The van der Waals surface area contributed by atoms with Crippen LogP contribution in [-0.4, -0.2) is 42.1 Å². The van der Waals surface area contributed by atoms with Gasteiger partial charge in [0.05, 0.1) is 0 Å². The summed E-state index contributed by atoms with van der Waals surface area (Å²) in [5.41, 5.74) is 7.42. The third-order valence-electron chi connectivity index (χ3n) is 3.18. The van der Waals surface area contributed by atoms with Gasteiger partial charge in [-0.1, -0.05) is 23.4 Å². The molecule has 0 atom stereocenters. The highest BCUT2D eigenvalue weighted by atomic mass is 16.4. The molecule has 0 bridgehead atoms. The van der Waals surface area contributed by atoms with Gasteiger partial charge in [-0.05, 0) is 32.5 Å². The summed E-state index contributed by atoms with van der Waals surface area (Å²) in [6.07, 6.45) is 0. The van der Waals surface area contributed by atoms with Gasteiger partial charge in [-0.15, -0.1) is 0 Å². The highest BCUT2D eigenvalue weighted by molar-refractivity contribution is 5.97. The Hall–Kier alpha value is -1.59. The summed E-state index contributed by atoms with van der Waals surface area (Å²) in [5.74, 6) is 0.140. The van der Waals surface area contributed by atoms with E-state index in [0.29, 0.717) is 6.04 Å². The minimum atomic E-state index is 0.140. The molecule has 0 saturated heterocycles. The monoisotopic (exact) mass is 264 g/mol. The lowest BCUT2D eigenvalue weighted by atomic mass is 10.1. The van der Waals surface area contributed by atoms with Crippen LogP contribution < -0.4 is 11.1 Å². The molecule has 0 heterocycles. The average Bonchev–Trinajstić information content (AvgIpc) is 2.42. The Morgan fingerprint density at radius 3 is 2.84 bits per heavy atom. The molecule has 0 aliphatic rings. The summed E-state index contributed by atoms with van der Waals surface area (Å²) in [7, 11) is 2.12. The van der Waals surface area contributed by atoms with Gasteiger partial charge in [0.15, 0.2) is 5.84 Å². The largest absolute Gasteiger partial charge is 0.409 e. The molecule has 106 valence electrons. The summed E-state index contributed by atoms with van der Waals surface area (Å²) >= 11 is 0. The van der Waals surface area contributed by atoms with Gasteiger partial charge < -0.3 is 21.2 Å². The molecular weight excluding hydrogens is 240 g/mol. The molecule has 0 fully saturated rings. The first-order chi connectivity index (χ1) is 9.04. The Labute approximate surface area is 115 Å². The van der Waals surface area contributed by atoms with Crippen LogP contribution in [0.3, 0.4) is 0 Å². The Balaban J connectivity index is 2.42. The van der Waals surface area contributed by atoms with Gasteiger partial charge in [-0.3, -0.25) is 0 Å². The van der Waals surface area contributed by atoms with Crippen molar-refractivity contribution in [1.29, 1.82) is 0 Å². The Kier molecular flexibility index (Phi) is 6.32. The highest BCUT2D eigenvalue weighted by Gasteiger charge is 2.03. The molecule has 0 spiro atoms. The van der Waals surface area contributed by atoms with Crippen LogP contribution >= 0.6 is 0 Å². The van der Waals surface area contributed by atoms with E-state index in [9.17, 15) is 0 Å². The van der Waals surface area contributed by atoms with E-state index in [2.05, 4.69) is 36.3 Å². The van der Waals surface area contributed by atoms with Gasteiger partial charge in [0.1, 0.15) is 0 Å². The van der Waals surface area contributed by atoms with E-state index in [1.807, 2.05) is 24.3 Å². The highest BCUT2D eigenvalue weighted by Crippen LogP contribution is 2.04. The number of hydrogen-bond acceptors (Lipinski definition) is 4. The quantitative estimate of drug-likeness (QED) is 0.227. The fraction of sp³-hybridized carbons (Fsp3) is 0.500. The minimum Gasteiger partial charge on any atom is -0.409 e. The Bertz CT molecular complexity index is 418. The van der Waals surface area contributed by atoms with Crippen LogP contribution in [0.5, 0.6) is 0 Å². The molecule has 1 rings (SSSR count). The SMILES string of the molecule is CC(C)N(C)CCNCc1cccc(C(N)=NO)c1. The summed E-state index contributed by atoms with van der Waals surface area (Å²) < 4.78 is 0. The van der Waals surface area contributed by atoms with Gasteiger partial charge in [0.2, 0.25) is 0 Å². The molecular formula is C14H24N4O. The third kappa shape index (κ3) is 5.28. The van der Waals surface area contributed by atoms with Crippen LogP contribution in [0.25, 0.3) is 0 Å². The number of rotatable bonds is 7. The predicted octanol–water partition coefficient (Wildman–Crippen LogP) is 1.21. The van der Waals surface area contributed by atoms with Crippen molar-refractivity contribution in [3.05, 3.63) is 35.4 Å².